The Morgan fingerprint density at radius 3 is 2.54 bits per heavy atom. The quantitative estimate of drug-likeness (QED) is 0.705. The van der Waals surface area contributed by atoms with Crippen LogP contribution in [0.1, 0.15) is 18.4 Å². The van der Waals surface area contributed by atoms with E-state index in [2.05, 4.69) is 0 Å². The van der Waals surface area contributed by atoms with Crippen molar-refractivity contribution in [2.24, 2.45) is 5.92 Å². The van der Waals surface area contributed by atoms with Crippen molar-refractivity contribution in [1.82, 2.24) is 3.97 Å². The lowest BCUT2D eigenvalue weighted by molar-refractivity contribution is 0.300. The fourth-order valence-corrected chi connectivity index (χ4v) is 4.07. The SMILES string of the molecule is Cc1ccc(S(=O)(=O)n2ccc3cc(OCC4CC4)ccc32)cc1. The molecule has 0 spiro atoms. The number of fused-ring (bicyclic) bond motifs is 1. The van der Waals surface area contributed by atoms with Crippen molar-refractivity contribution >= 4 is 20.9 Å². The zero-order chi connectivity index (χ0) is 16.7. The van der Waals surface area contributed by atoms with Crippen LogP contribution in [0.4, 0.5) is 0 Å². The molecule has 4 nitrogen and oxygen atoms in total. The van der Waals surface area contributed by atoms with Crippen LogP contribution in [0.5, 0.6) is 5.75 Å². The van der Waals surface area contributed by atoms with Crippen LogP contribution in [0.25, 0.3) is 10.9 Å². The van der Waals surface area contributed by atoms with E-state index < -0.39 is 10.0 Å². The molecule has 0 unspecified atom stereocenters. The van der Waals surface area contributed by atoms with E-state index >= 15 is 0 Å². The summed E-state index contributed by atoms with van der Waals surface area (Å²) in [5, 5.41) is 0.860. The van der Waals surface area contributed by atoms with Gasteiger partial charge >= 0.3 is 0 Å². The molecule has 24 heavy (non-hydrogen) atoms. The molecule has 0 amide bonds. The standard InChI is InChI=1S/C19H19NO3S/c1-14-2-7-18(8-3-14)24(21,22)20-11-10-16-12-17(6-9-19(16)20)23-13-15-4-5-15/h2-3,6-12,15H,4-5,13H2,1H3. The topological polar surface area (TPSA) is 48.3 Å². The molecule has 0 aliphatic heterocycles. The summed E-state index contributed by atoms with van der Waals surface area (Å²) in [6.07, 6.45) is 4.09. The first kappa shape index (κ1) is 15.3. The predicted octanol–water partition coefficient (Wildman–Crippen LogP) is 3.98. The van der Waals surface area contributed by atoms with Crippen molar-refractivity contribution in [3.63, 3.8) is 0 Å². The number of hydrogen-bond acceptors (Lipinski definition) is 3. The highest BCUT2D eigenvalue weighted by molar-refractivity contribution is 7.90. The van der Waals surface area contributed by atoms with Gasteiger partial charge in [0.2, 0.25) is 0 Å². The van der Waals surface area contributed by atoms with Crippen molar-refractivity contribution in [1.29, 1.82) is 0 Å². The smallest absolute Gasteiger partial charge is 0.268 e. The van der Waals surface area contributed by atoms with Gasteiger partial charge in [-0.25, -0.2) is 12.4 Å². The van der Waals surface area contributed by atoms with Gasteiger partial charge in [-0.1, -0.05) is 17.7 Å². The van der Waals surface area contributed by atoms with Crippen molar-refractivity contribution < 1.29 is 13.2 Å². The predicted molar refractivity (Wildman–Crippen MR) is 93.9 cm³/mol. The molecule has 4 rings (SSSR count). The van der Waals surface area contributed by atoms with E-state index in [1.165, 1.54) is 16.8 Å². The van der Waals surface area contributed by atoms with Gasteiger partial charge in [-0.2, -0.15) is 0 Å². The minimum atomic E-state index is -3.59. The van der Waals surface area contributed by atoms with Gasteiger partial charge in [0.15, 0.2) is 0 Å². The molecule has 3 aromatic rings. The van der Waals surface area contributed by atoms with Crippen LogP contribution in [0.3, 0.4) is 0 Å². The molecule has 1 heterocycles. The molecule has 1 saturated carbocycles. The summed E-state index contributed by atoms with van der Waals surface area (Å²) in [5.74, 6) is 1.48. The van der Waals surface area contributed by atoms with Crippen molar-refractivity contribution in [3.05, 3.63) is 60.3 Å². The normalized spacial score (nSPS) is 14.9. The van der Waals surface area contributed by atoms with Gasteiger partial charge in [0.1, 0.15) is 5.75 Å². The third kappa shape index (κ3) is 2.80. The molecule has 1 aliphatic rings. The molecule has 1 aromatic heterocycles. The number of nitrogens with zero attached hydrogens (tertiary/aromatic N) is 1. The molecule has 1 fully saturated rings. The summed E-state index contributed by atoms with van der Waals surface area (Å²) in [6, 6.07) is 14.3. The molecule has 0 radical (unpaired) electrons. The fraction of sp³-hybridized carbons (Fsp3) is 0.263. The molecule has 5 heteroatoms. The van der Waals surface area contributed by atoms with Gasteiger partial charge in [-0.3, -0.25) is 0 Å². The second-order valence-corrected chi connectivity index (χ2v) is 8.22. The summed E-state index contributed by atoms with van der Waals surface area (Å²) in [4.78, 5) is 0.291. The van der Waals surface area contributed by atoms with Gasteiger partial charge in [-0.05, 0) is 62.1 Å². The first-order valence-electron chi connectivity index (χ1n) is 8.10. The third-order valence-corrected chi connectivity index (χ3v) is 6.09. The summed E-state index contributed by atoms with van der Waals surface area (Å²) >= 11 is 0. The Hall–Kier alpha value is -2.27. The third-order valence-electron chi connectivity index (χ3n) is 4.39. The summed E-state index contributed by atoms with van der Waals surface area (Å²) in [7, 11) is -3.59. The highest BCUT2D eigenvalue weighted by atomic mass is 32.2. The molecule has 1 aliphatic carbocycles. The number of benzene rings is 2. The Bertz CT molecular complexity index is 983. The molecule has 0 atom stereocenters. The maximum atomic E-state index is 12.9. The average Bonchev–Trinajstić information content (AvgIpc) is 3.30. The zero-order valence-electron chi connectivity index (χ0n) is 13.5. The van der Waals surface area contributed by atoms with Crippen LogP contribution in [-0.2, 0) is 10.0 Å². The van der Waals surface area contributed by atoms with E-state index in [9.17, 15) is 8.42 Å². The van der Waals surface area contributed by atoms with E-state index in [1.54, 1.807) is 18.3 Å². The lowest BCUT2D eigenvalue weighted by Gasteiger charge is -2.09. The molecule has 0 saturated heterocycles. The maximum absolute atomic E-state index is 12.9. The second kappa shape index (κ2) is 5.67. The van der Waals surface area contributed by atoms with Crippen LogP contribution in [0.2, 0.25) is 0 Å². The van der Waals surface area contributed by atoms with Crippen LogP contribution in [0, 0.1) is 12.8 Å². The Balaban J connectivity index is 1.69. The van der Waals surface area contributed by atoms with Crippen LogP contribution >= 0.6 is 0 Å². The van der Waals surface area contributed by atoms with Crippen molar-refractivity contribution in [2.75, 3.05) is 6.61 Å². The van der Waals surface area contributed by atoms with Gasteiger partial charge in [-0.15, -0.1) is 0 Å². The lowest BCUT2D eigenvalue weighted by atomic mass is 10.2. The first-order chi connectivity index (χ1) is 11.5. The molecule has 124 valence electrons. The Kier molecular flexibility index (Phi) is 3.61. The highest BCUT2D eigenvalue weighted by Gasteiger charge is 2.22. The number of ether oxygens (including phenoxy) is 1. The molecule has 0 N–H and O–H groups in total. The van der Waals surface area contributed by atoms with Crippen LogP contribution < -0.4 is 4.74 Å². The largest absolute Gasteiger partial charge is 0.493 e. The summed E-state index contributed by atoms with van der Waals surface area (Å²) in [5.41, 5.74) is 1.69. The van der Waals surface area contributed by atoms with Gasteiger partial charge in [0.25, 0.3) is 10.0 Å². The van der Waals surface area contributed by atoms with Gasteiger partial charge in [0, 0.05) is 11.6 Å². The Labute approximate surface area is 141 Å². The number of rotatable bonds is 5. The monoisotopic (exact) mass is 341 g/mol. The van der Waals surface area contributed by atoms with Gasteiger partial charge < -0.3 is 4.74 Å². The molecular formula is C19H19NO3S. The lowest BCUT2D eigenvalue weighted by Crippen LogP contribution is -2.11. The van der Waals surface area contributed by atoms with E-state index in [4.69, 9.17) is 4.74 Å². The molecular weight excluding hydrogens is 322 g/mol. The fourth-order valence-electron chi connectivity index (χ4n) is 2.72. The first-order valence-corrected chi connectivity index (χ1v) is 9.54. The Morgan fingerprint density at radius 1 is 1.08 bits per heavy atom. The maximum Gasteiger partial charge on any atom is 0.268 e. The van der Waals surface area contributed by atoms with E-state index in [0.717, 1.165) is 23.3 Å². The average molecular weight is 341 g/mol. The Morgan fingerprint density at radius 2 is 1.83 bits per heavy atom. The number of aromatic nitrogens is 1. The van der Waals surface area contributed by atoms with Gasteiger partial charge in [0.05, 0.1) is 17.0 Å². The van der Waals surface area contributed by atoms with E-state index in [0.29, 0.717) is 16.3 Å². The minimum Gasteiger partial charge on any atom is -0.493 e. The number of aryl methyl sites for hydroxylation is 1. The number of hydrogen-bond donors (Lipinski definition) is 0. The summed E-state index contributed by atoms with van der Waals surface area (Å²) < 4.78 is 32.8. The zero-order valence-corrected chi connectivity index (χ0v) is 14.3. The minimum absolute atomic E-state index is 0.291. The molecule has 0 bridgehead atoms. The second-order valence-electron chi connectivity index (χ2n) is 6.40. The highest BCUT2D eigenvalue weighted by Crippen LogP contribution is 2.31. The summed E-state index contributed by atoms with van der Waals surface area (Å²) in [6.45, 7) is 2.68. The van der Waals surface area contributed by atoms with Crippen molar-refractivity contribution in [2.45, 2.75) is 24.7 Å². The van der Waals surface area contributed by atoms with E-state index in [1.807, 2.05) is 43.3 Å². The van der Waals surface area contributed by atoms with Crippen LogP contribution in [0.15, 0.2) is 59.6 Å². The van der Waals surface area contributed by atoms with E-state index in [-0.39, 0.29) is 0 Å². The van der Waals surface area contributed by atoms with Crippen LogP contribution in [-0.4, -0.2) is 19.0 Å². The van der Waals surface area contributed by atoms with Crippen molar-refractivity contribution in [3.8, 4) is 5.75 Å². The molecule has 2 aromatic carbocycles.